The van der Waals surface area contributed by atoms with Gasteiger partial charge in [0, 0.05) is 33.8 Å². The van der Waals surface area contributed by atoms with E-state index < -0.39 is 94.8 Å². The van der Waals surface area contributed by atoms with Crippen LogP contribution in [-0.4, -0.2) is 0 Å². The summed E-state index contributed by atoms with van der Waals surface area (Å²) in [7, 11) is 0. The van der Waals surface area contributed by atoms with E-state index in [2.05, 4.69) is 0 Å². The molecule has 0 N–H and O–H groups in total. The Labute approximate surface area is 299 Å². The largest absolute Gasteiger partial charge is 0.311 e. The molecule has 0 aromatic heterocycles. The van der Waals surface area contributed by atoms with Crippen LogP contribution in [0.4, 0.5) is 34.1 Å². The molecule has 0 atom stereocenters. The Bertz CT molecular complexity index is 2830. The summed E-state index contributed by atoms with van der Waals surface area (Å²) in [6.07, 6.45) is 0. The Morgan fingerprint density at radius 1 is 0.292 bits per heavy atom. The Kier molecular flexibility index (Phi) is 5.12. The summed E-state index contributed by atoms with van der Waals surface area (Å²) in [6.45, 7) is 0. The van der Waals surface area contributed by atoms with E-state index in [1.54, 1.807) is 94.7 Å². The van der Waals surface area contributed by atoms with Gasteiger partial charge in [-0.25, -0.2) is 0 Å². The molecule has 8 aromatic carbocycles. The van der Waals surface area contributed by atoms with E-state index >= 15 is 0 Å². The highest BCUT2D eigenvalue weighted by Crippen LogP contribution is 2.40. The standard InChI is InChI=1S/C46H34N2/c1-4-15-40(16-5-1)47(41-17-6-2-7-18-41)43-31-27-37(28-32-43)35-23-25-36(26-24-35)38-29-33-44(34-30-38)48(42-19-8-3-9-20-42)46-22-12-14-39-13-10-11-21-45(39)46/h1-34H/i23D,24D,25D,26D,27D,28D,29D,30D,31D,32D,33D,34D. The molecule has 0 saturated heterocycles. The van der Waals surface area contributed by atoms with Crippen molar-refractivity contribution in [1.82, 2.24) is 0 Å². The first-order chi connectivity index (χ1) is 28.8. The Morgan fingerprint density at radius 2 is 0.646 bits per heavy atom. The molecule has 0 bridgehead atoms. The van der Waals surface area contributed by atoms with Crippen LogP contribution in [0, 0.1) is 0 Å². The van der Waals surface area contributed by atoms with E-state index in [-0.39, 0.29) is 11.4 Å². The van der Waals surface area contributed by atoms with E-state index in [0.29, 0.717) is 22.7 Å². The Morgan fingerprint density at radius 3 is 1.12 bits per heavy atom. The van der Waals surface area contributed by atoms with Crippen molar-refractivity contribution in [2.45, 2.75) is 0 Å². The molecule has 0 aliphatic carbocycles. The number of nitrogens with zero attached hydrogens (tertiary/aromatic N) is 2. The normalized spacial score (nSPS) is 14.4. The molecule has 48 heavy (non-hydrogen) atoms. The first-order valence-electron chi connectivity index (χ1n) is 21.4. The lowest BCUT2D eigenvalue weighted by atomic mass is 9.99. The van der Waals surface area contributed by atoms with E-state index in [1.807, 2.05) is 48.5 Å². The molecular weight excluding hydrogens is 581 g/mol. The topological polar surface area (TPSA) is 6.48 Å². The second kappa shape index (κ2) is 13.2. The fourth-order valence-electron chi connectivity index (χ4n) is 5.58. The quantitative estimate of drug-likeness (QED) is 0.166. The fraction of sp³-hybridized carbons (Fsp3) is 0. The predicted octanol–water partition coefficient (Wildman–Crippen LogP) is 13.1. The van der Waals surface area contributed by atoms with Crippen molar-refractivity contribution in [1.29, 1.82) is 0 Å². The number of anilines is 6. The molecule has 0 saturated carbocycles. The average Bonchev–Trinajstić information content (AvgIpc) is 3.27. The van der Waals surface area contributed by atoms with Gasteiger partial charge >= 0.3 is 0 Å². The minimum atomic E-state index is -0.732. The first kappa shape index (κ1) is 18.7. The molecule has 0 heterocycles. The number of hydrogen-bond acceptors (Lipinski definition) is 2. The van der Waals surface area contributed by atoms with Crippen LogP contribution in [0.1, 0.15) is 16.4 Å². The summed E-state index contributed by atoms with van der Waals surface area (Å²) >= 11 is 0. The highest BCUT2D eigenvalue weighted by molar-refractivity contribution is 5.99. The lowest BCUT2D eigenvalue weighted by molar-refractivity contribution is 1.28. The monoisotopic (exact) mass is 626 g/mol. The van der Waals surface area contributed by atoms with Crippen LogP contribution in [-0.2, 0) is 0 Å². The highest BCUT2D eigenvalue weighted by atomic mass is 15.1. The number of rotatable bonds is 8. The van der Waals surface area contributed by atoms with Gasteiger partial charge in [-0.3, -0.25) is 0 Å². The summed E-state index contributed by atoms with van der Waals surface area (Å²) in [4.78, 5) is 3.21. The lowest BCUT2D eigenvalue weighted by Gasteiger charge is -2.27. The SMILES string of the molecule is [2H]c1c([2H])c(-c2c([2H])c([2H])c(N(c3ccccc3)c3cccc4ccccc34)c([2H])c2[2H])c([2H])c([2H])c1-c1c([2H])c([2H])c(N(c2ccccc2)c2ccccc2)c([2H])c1[2H]. The van der Waals surface area contributed by atoms with Gasteiger partial charge in [-0.05, 0) is 94.3 Å². The molecule has 0 amide bonds. The van der Waals surface area contributed by atoms with Crippen LogP contribution in [0.15, 0.2) is 206 Å². The molecule has 0 unspecified atom stereocenters. The molecule has 2 nitrogen and oxygen atoms in total. The minimum absolute atomic E-state index is 0.0881. The lowest BCUT2D eigenvalue weighted by Crippen LogP contribution is -2.10. The van der Waals surface area contributed by atoms with Gasteiger partial charge in [0.2, 0.25) is 0 Å². The van der Waals surface area contributed by atoms with Crippen molar-refractivity contribution in [2.75, 3.05) is 9.80 Å². The van der Waals surface area contributed by atoms with Crippen LogP contribution in [0.25, 0.3) is 33.0 Å². The van der Waals surface area contributed by atoms with Gasteiger partial charge in [-0.1, -0.05) is 139 Å². The summed E-state index contributed by atoms with van der Waals surface area (Å²) < 4.78 is 110. The molecule has 8 aromatic rings. The van der Waals surface area contributed by atoms with Gasteiger partial charge < -0.3 is 9.80 Å². The van der Waals surface area contributed by atoms with Gasteiger partial charge in [-0.15, -0.1) is 0 Å². The van der Waals surface area contributed by atoms with Crippen LogP contribution in [0.3, 0.4) is 0 Å². The second-order valence-electron chi connectivity index (χ2n) is 10.9. The van der Waals surface area contributed by atoms with Gasteiger partial charge in [0.05, 0.1) is 22.1 Å². The molecule has 8 rings (SSSR count). The molecule has 0 aliphatic rings. The zero-order valence-electron chi connectivity index (χ0n) is 37.6. The summed E-state index contributed by atoms with van der Waals surface area (Å²) in [6, 6.07) is 32.6. The van der Waals surface area contributed by atoms with Gasteiger partial charge in [-0.2, -0.15) is 0 Å². The third-order valence-electron chi connectivity index (χ3n) is 7.85. The zero-order valence-corrected chi connectivity index (χ0v) is 25.6. The van der Waals surface area contributed by atoms with Crippen LogP contribution in [0.2, 0.25) is 0 Å². The fourth-order valence-corrected chi connectivity index (χ4v) is 5.58. The third-order valence-corrected chi connectivity index (χ3v) is 7.85. The number of benzene rings is 8. The number of hydrogen-bond donors (Lipinski definition) is 0. The Balaban J connectivity index is 1.32. The van der Waals surface area contributed by atoms with Gasteiger partial charge in [0.25, 0.3) is 0 Å². The maximum atomic E-state index is 9.32. The van der Waals surface area contributed by atoms with Crippen LogP contribution >= 0.6 is 0 Å². The number of para-hydroxylation sites is 3. The zero-order chi connectivity index (χ0) is 42.6. The third kappa shape index (κ3) is 5.84. The highest BCUT2D eigenvalue weighted by Gasteiger charge is 2.15. The second-order valence-corrected chi connectivity index (χ2v) is 10.9. The predicted molar refractivity (Wildman–Crippen MR) is 204 cm³/mol. The summed E-state index contributed by atoms with van der Waals surface area (Å²) in [5.74, 6) is 0. The van der Waals surface area contributed by atoms with Crippen molar-refractivity contribution < 1.29 is 16.4 Å². The Hall–Kier alpha value is -6.38. The van der Waals surface area contributed by atoms with Gasteiger partial charge in [0.15, 0.2) is 0 Å². The molecule has 0 aliphatic heterocycles. The molecule has 0 fully saturated rings. The van der Waals surface area contributed by atoms with Crippen molar-refractivity contribution in [2.24, 2.45) is 0 Å². The van der Waals surface area contributed by atoms with Crippen molar-refractivity contribution in [3.63, 3.8) is 0 Å². The minimum Gasteiger partial charge on any atom is -0.311 e. The first-order valence-corrected chi connectivity index (χ1v) is 15.4. The average molecular weight is 627 g/mol. The van der Waals surface area contributed by atoms with Gasteiger partial charge in [0.1, 0.15) is 0 Å². The molecule has 228 valence electrons. The van der Waals surface area contributed by atoms with Crippen LogP contribution in [0.5, 0.6) is 0 Å². The maximum absolute atomic E-state index is 9.32. The van der Waals surface area contributed by atoms with E-state index in [4.69, 9.17) is 11.0 Å². The summed E-state index contributed by atoms with van der Waals surface area (Å²) in [5, 5.41) is 1.67. The van der Waals surface area contributed by atoms with E-state index in [9.17, 15) is 5.48 Å². The van der Waals surface area contributed by atoms with Crippen LogP contribution < -0.4 is 9.80 Å². The molecule has 0 radical (unpaired) electrons. The van der Waals surface area contributed by atoms with Crippen molar-refractivity contribution in [3.05, 3.63) is 206 Å². The van der Waals surface area contributed by atoms with Crippen molar-refractivity contribution >= 4 is 44.9 Å². The maximum Gasteiger partial charge on any atom is 0.0645 e. The van der Waals surface area contributed by atoms with E-state index in [0.717, 1.165) is 10.8 Å². The number of fused-ring (bicyclic) bond motifs is 1. The molecular formula is C46H34N2. The molecule has 0 spiro atoms. The smallest absolute Gasteiger partial charge is 0.0645 e. The van der Waals surface area contributed by atoms with Crippen molar-refractivity contribution in [3.8, 4) is 22.3 Å². The molecule has 2 heteroatoms. The van der Waals surface area contributed by atoms with E-state index in [1.165, 1.54) is 0 Å². The summed E-state index contributed by atoms with van der Waals surface area (Å²) in [5.41, 5.74) is 0.159.